The highest BCUT2D eigenvalue weighted by Crippen LogP contribution is 2.35. The minimum atomic E-state index is -3.17. The van der Waals surface area contributed by atoms with E-state index in [9.17, 15) is 12.8 Å². The Morgan fingerprint density at radius 1 is 0.850 bits per heavy atom. The molecule has 6 aromatic rings. The van der Waals surface area contributed by atoms with Gasteiger partial charge in [0.2, 0.25) is 0 Å². The predicted molar refractivity (Wildman–Crippen MR) is 158 cm³/mol. The van der Waals surface area contributed by atoms with E-state index in [4.69, 9.17) is 0 Å². The molecule has 10 heteroatoms. The van der Waals surface area contributed by atoms with Crippen molar-refractivity contribution in [3.8, 4) is 33.6 Å². The summed E-state index contributed by atoms with van der Waals surface area (Å²) in [6, 6.07) is 14.9. The quantitative estimate of drug-likeness (QED) is 0.265. The van der Waals surface area contributed by atoms with Crippen molar-refractivity contribution in [2.45, 2.75) is 6.42 Å². The second-order valence-corrected chi connectivity index (χ2v) is 12.5. The molecule has 0 aliphatic heterocycles. The number of aryl methyl sites for hydroxylation is 1. The summed E-state index contributed by atoms with van der Waals surface area (Å²) in [5.41, 5.74) is 8.25. The maximum absolute atomic E-state index is 14.6. The van der Waals surface area contributed by atoms with E-state index in [-0.39, 0.29) is 12.2 Å². The van der Waals surface area contributed by atoms with Gasteiger partial charge in [-0.15, -0.1) is 0 Å². The van der Waals surface area contributed by atoms with Crippen LogP contribution in [0.1, 0.15) is 5.56 Å². The number of aromatic nitrogens is 5. The van der Waals surface area contributed by atoms with Gasteiger partial charge in [-0.2, -0.15) is 5.10 Å². The number of aromatic amines is 2. The molecule has 0 bridgehead atoms. The number of H-pyrrole nitrogens is 2. The molecular formula is C30H27FN6O2S. The first-order valence-corrected chi connectivity index (χ1v) is 14.8. The zero-order valence-electron chi connectivity index (χ0n) is 22.2. The molecule has 0 atom stereocenters. The average molecular weight is 555 g/mol. The number of fused-ring (bicyclic) bond motifs is 2. The van der Waals surface area contributed by atoms with Gasteiger partial charge in [0.15, 0.2) is 0 Å². The van der Waals surface area contributed by atoms with Crippen molar-refractivity contribution >= 4 is 37.3 Å². The summed E-state index contributed by atoms with van der Waals surface area (Å²) in [7, 11) is 0.798. The van der Waals surface area contributed by atoms with Crippen LogP contribution in [-0.4, -0.2) is 59.7 Å². The van der Waals surface area contributed by atoms with Crippen LogP contribution in [0.5, 0.6) is 0 Å². The van der Waals surface area contributed by atoms with Gasteiger partial charge in [-0.3, -0.25) is 15.1 Å². The molecule has 0 spiro atoms. The molecule has 40 heavy (non-hydrogen) atoms. The minimum absolute atomic E-state index is 0.0453. The third kappa shape index (κ3) is 5.05. The Bertz CT molecular complexity index is 1990. The lowest BCUT2D eigenvalue weighted by atomic mass is 10.00. The van der Waals surface area contributed by atoms with Gasteiger partial charge in [0.25, 0.3) is 0 Å². The van der Waals surface area contributed by atoms with E-state index in [0.29, 0.717) is 11.1 Å². The highest BCUT2D eigenvalue weighted by Gasteiger charge is 2.16. The van der Waals surface area contributed by atoms with Gasteiger partial charge in [-0.05, 0) is 59.5 Å². The number of pyridine rings is 2. The van der Waals surface area contributed by atoms with Crippen LogP contribution in [0.15, 0.2) is 73.3 Å². The first kappa shape index (κ1) is 25.7. The van der Waals surface area contributed by atoms with E-state index >= 15 is 0 Å². The molecule has 0 saturated carbocycles. The standard InChI is InChI=1S/C30H27FN6O2S/c1-37(2)23-11-21(14-32-15-23)19-4-5-27-25(12-19)30(36-35-27)28-13-24-26(16-33-17-29(24)34-28)20-8-18(9-22(31)10-20)6-7-40(3,38)39/h4-5,8-17,34H,6-7H2,1-3H3,(H,35,36). The fourth-order valence-electron chi connectivity index (χ4n) is 4.89. The van der Waals surface area contributed by atoms with Crippen molar-refractivity contribution in [2.75, 3.05) is 31.0 Å². The number of rotatable bonds is 7. The van der Waals surface area contributed by atoms with Crippen LogP contribution in [0.4, 0.5) is 10.1 Å². The number of hydrogen-bond acceptors (Lipinski definition) is 6. The number of nitrogens with one attached hydrogen (secondary N) is 2. The summed E-state index contributed by atoms with van der Waals surface area (Å²) in [6.07, 6.45) is 8.51. The Hall–Kier alpha value is -4.57. The molecule has 0 aliphatic rings. The molecule has 202 valence electrons. The van der Waals surface area contributed by atoms with E-state index in [0.717, 1.165) is 55.6 Å². The lowest BCUT2D eigenvalue weighted by molar-refractivity contribution is 0.600. The van der Waals surface area contributed by atoms with Crippen molar-refractivity contribution < 1.29 is 12.8 Å². The maximum Gasteiger partial charge on any atom is 0.147 e. The Kier molecular flexibility index (Phi) is 6.34. The molecule has 0 radical (unpaired) electrons. The van der Waals surface area contributed by atoms with Crippen molar-refractivity contribution in [2.24, 2.45) is 0 Å². The minimum Gasteiger partial charge on any atom is -0.376 e. The van der Waals surface area contributed by atoms with Gasteiger partial charge in [-0.25, -0.2) is 12.8 Å². The topological polar surface area (TPSA) is 108 Å². The first-order chi connectivity index (χ1) is 19.1. The fourth-order valence-corrected chi connectivity index (χ4v) is 5.50. The van der Waals surface area contributed by atoms with E-state index in [1.54, 1.807) is 12.4 Å². The van der Waals surface area contributed by atoms with Crippen LogP contribution in [0.25, 0.3) is 55.4 Å². The smallest absolute Gasteiger partial charge is 0.147 e. The molecule has 2 N–H and O–H groups in total. The van der Waals surface area contributed by atoms with E-state index in [1.165, 1.54) is 18.4 Å². The molecule has 6 rings (SSSR count). The third-order valence-electron chi connectivity index (χ3n) is 6.97. The second-order valence-electron chi connectivity index (χ2n) is 10.2. The summed E-state index contributed by atoms with van der Waals surface area (Å²) in [6.45, 7) is 0. The predicted octanol–water partition coefficient (Wildman–Crippen LogP) is 5.63. The van der Waals surface area contributed by atoms with Crippen molar-refractivity contribution in [1.82, 2.24) is 25.1 Å². The zero-order chi connectivity index (χ0) is 28.0. The largest absolute Gasteiger partial charge is 0.376 e. The van der Waals surface area contributed by atoms with Crippen molar-refractivity contribution in [3.05, 3.63) is 84.7 Å². The van der Waals surface area contributed by atoms with E-state index in [1.807, 2.05) is 55.7 Å². The van der Waals surface area contributed by atoms with Gasteiger partial charge in [0, 0.05) is 54.6 Å². The van der Waals surface area contributed by atoms with Crippen LogP contribution in [-0.2, 0) is 16.3 Å². The molecule has 4 aromatic heterocycles. The van der Waals surface area contributed by atoms with Crippen LogP contribution >= 0.6 is 0 Å². The number of anilines is 1. The van der Waals surface area contributed by atoms with Crippen molar-refractivity contribution in [1.29, 1.82) is 0 Å². The van der Waals surface area contributed by atoms with Gasteiger partial charge < -0.3 is 9.88 Å². The van der Waals surface area contributed by atoms with Crippen LogP contribution in [0.2, 0.25) is 0 Å². The zero-order valence-corrected chi connectivity index (χ0v) is 23.1. The summed E-state index contributed by atoms with van der Waals surface area (Å²) in [5.74, 6) is -0.469. The molecule has 2 aromatic carbocycles. The van der Waals surface area contributed by atoms with E-state index in [2.05, 4.69) is 37.3 Å². The Morgan fingerprint density at radius 3 is 2.48 bits per heavy atom. The highest BCUT2D eigenvalue weighted by molar-refractivity contribution is 7.90. The van der Waals surface area contributed by atoms with Gasteiger partial charge >= 0.3 is 0 Å². The normalized spacial score (nSPS) is 11.9. The Morgan fingerprint density at radius 2 is 1.68 bits per heavy atom. The molecule has 0 aliphatic carbocycles. The monoisotopic (exact) mass is 554 g/mol. The van der Waals surface area contributed by atoms with Crippen LogP contribution < -0.4 is 4.90 Å². The molecule has 0 saturated heterocycles. The molecule has 0 amide bonds. The van der Waals surface area contributed by atoms with E-state index < -0.39 is 15.7 Å². The second kappa shape index (κ2) is 9.87. The first-order valence-electron chi connectivity index (χ1n) is 12.7. The maximum atomic E-state index is 14.6. The highest BCUT2D eigenvalue weighted by atomic mass is 32.2. The number of hydrogen-bond donors (Lipinski definition) is 2. The van der Waals surface area contributed by atoms with Crippen LogP contribution in [0, 0.1) is 5.82 Å². The summed E-state index contributed by atoms with van der Waals surface area (Å²) in [4.78, 5) is 14.2. The number of halogens is 1. The average Bonchev–Trinajstić information content (AvgIpc) is 3.55. The lowest BCUT2D eigenvalue weighted by Crippen LogP contribution is -2.08. The fraction of sp³-hybridized carbons (Fsp3) is 0.167. The van der Waals surface area contributed by atoms with Gasteiger partial charge in [0.05, 0.1) is 40.6 Å². The molecule has 0 unspecified atom stereocenters. The number of sulfone groups is 1. The van der Waals surface area contributed by atoms with Crippen molar-refractivity contribution in [3.63, 3.8) is 0 Å². The summed E-state index contributed by atoms with van der Waals surface area (Å²) >= 11 is 0. The Balaban J connectivity index is 1.42. The summed E-state index contributed by atoms with van der Waals surface area (Å²) in [5, 5.41) is 9.53. The molecule has 8 nitrogen and oxygen atoms in total. The van der Waals surface area contributed by atoms with Crippen LogP contribution in [0.3, 0.4) is 0 Å². The van der Waals surface area contributed by atoms with Gasteiger partial charge in [-0.1, -0.05) is 12.1 Å². The molecule has 4 heterocycles. The Labute approximate surface area is 230 Å². The number of benzene rings is 2. The third-order valence-corrected chi connectivity index (χ3v) is 7.91. The summed E-state index contributed by atoms with van der Waals surface area (Å²) < 4.78 is 37.9. The SMILES string of the molecule is CN(C)c1cncc(-c2ccc3[nH]nc(-c4cc5c(-c6cc(F)cc(CCS(C)(=O)=O)c6)cncc5[nH]4)c3c2)c1. The molecule has 0 fully saturated rings. The lowest BCUT2D eigenvalue weighted by Gasteiger charge is -2.13. The van der Waals surface area contributed by atoms with Gasteiger partial charge in [0.1, 0.15) is 21.3 Å². The molecular weight excluding hydrogens is 527 g/mol. The number of nitrogens with zero attached hydrogens (tertiary/aromatic N) is 4.